The molecule has 6 nitrogen and oxygen atoms in total. The van der Waals surface area contributed by atoms with Crippen LogP contribution in [0.15, 0.2) is 18.2 Å². The first-order valence-corrected chi connectivity index (χ1v) is 6.22. The third-order valence-electron chi connectivity index (χ3n) is 2.42. The second kappa shape index (κ2) is 6.63. The Labute approximate surface area is 118 Å². The predicted molar refractivity (Wildman–Crippen MR) is 75.9 cm³/mol. The van der Waals surface area contributed by atoms with E-state index in [4.69, 9.17) is 19.5 Å². The van der Waals surface area contributed by atoms with E-state index in [2.05, 4.69) is 5.32 Å². The van der Waals surface area contributed by atoms with Gasteiger partial charge in [-0.2, -0.15) is 0 Å². The van der Waals surface area contributed by atoms with Gasteiger partial charge in [0.25, 0.3) is 0 Å². The minimum Gasteiger partial charge on any atom is -0.496 e. The minimum absolute atomic E-state index is 0.165. The molecule has 1 aromatic carbocycles. The zero-order chi connectivity index (χ0) is 15.3. The minimum atomic E-state index is -1.57. The summed E-state index contributed by atoms with van der Waals surface area (Å²) in [7, 11) is -0.0670. The van der Waals surface area contributed by atoms with Crippen molar-refractivity contribution in [3.63, 3.8) is 0 Å². The number of amides is 1. The van der Waals surface area contributed by atoms with Gasteiger partial charge in [0.05, 0.1) is 7.11 Å². The maximum Gasteiger partial charge on any atom is 0.488 e. The lowest BCUT2D eigenvalue weighted by Crippen LogP contribution is -2.33. The third kappa shape index (κ3) is 5.10. The van der Waals surface area contributed by atoms with Crippen molar-refractivity contribution in [2.24, 2.45) is 0 Å². The van der Waals surface area contributed by atoms with Crippen LogP contribution >= 0.6 is 0 Å². The highest BCUT2D eigenvalue weighted by molar-refractivity contribution is 6.58. The average Bonchev–Trinajstić information content (AvgIpc) is 2.33. The molecule has 0 aliphatic heterocycles. The maximum absolute atomic E-state index is 11.6. The first-order valence-electron chi connectivity index (χ1n) is 6.22. The number of ether oxygens (including phenoxy) is 2. The van der Waals surface area contributed by atoms with Crippen molar-refractivity contribution in [3.8, 4) is 5.75 Å². The molecule has 110 valence electrons. The number of carbonyl (C=O) groups is 1. The highest BCUT2D eigenvalue weighted by Crippen LogP contribution is 2.16. The molecule has 0 atom stereocenters. The van der Waals surface area contributed by atoms with Crippen molar-refractivity contribution in [2.45, 2.75) is 32.9 Å². The summed E-state index contributed by atoms with van der Waals surface area (Å²) >= 11 is 0. The Bertz CT molecular complexity index is 470. The molecule has 0 saturated heterocycles. The van der Waals surface area contributed by atoms with Crippen LogP contribution in [0, 0.1) is 0 Å². The highest BCUT2D eigenvalue weighted by Gasteiger charge is 2.17. The number of alkyl carbamates (subject to hydrolysis) is 1. The molecule has 0 aliphatic carbocycles. The van der Waals surface area contributed by atoms with E-state index in [9.17, 15) is 4.79 Å². The molecule has 3 N–H and O–H groups in total. The fourth-order valence-corrected chi connectivity index (χ4v) is 1.58. The summed E-state index contributed by atoms with van der Waals surface area (Å²) in [5, 5.41) is 20.9. The second-order valence-electron chi connectivity index (χ2n) is 5.30. The second-order valence-corrected chi connectivity index (χ2v) is 5.30. The van der Waals surface area contributed by atoms with Crippen molar-refractivity contribution < 1.29 is 24.3 Å². The first-order chi connectivity index (χ1) is 9.23. The van der Waals surface area contributed by atoms with Crippen LogP contribution in [0.5, 0.6) is 5.75 Å². The number of benzene rings is 1. The van der Waals surface area contributed by atoms with Crippen molar-refractivity contribution in [1.82, 2.24) is 5.32 Å². The molecule has 7 heteroatoms. The van der Waals surface area contributed by atoms with Crippen LogP contribution in [0.25, 0.3) is 0 Å². The van der Waals surface area contributed by atoms with Gasteiger partial charge in [-0.15, -0.1) is 0 Å². The molecule has 0 spiro atoms. The van der Waals surface area contributed by atoms with Crippen molar-refractivity contribution in [2.75, 3.05) is 7.11 Å². The van der Waals surface area contributed by atoms with Gasteiger partial charge in [-0.3, -0.25) is 0 Å². The molecule has 0 saturated carbocycles. The molecular weight excluding hydrogens is 261 g/mol. The molecule has 0 fully saturated rings. The predicted octanol–water partition coefficient (Wildman–Crippen LogP) is 0.400. The molecule has 20 heavy (non-hydrogen) atoms. The summed E-state index contributed by atoms with van der Waals surface area (Å²) in [6, 6.07) is 4.71. The molecule has 0 radical (unpaired) electrons. The van der Waals surface area contributed by atoms with E-state index in [1.54, 1.807) is 39.0 Å². The Morgan fingerprint density at radius 1 is 1.35 bits per heavy atom. The van der Waals surface area contributed by atoms with Crippen LogP contribution < -0.4 is 15.5 Å². The number of rotatable bonds is 4. The van der Waals surface area contributed by atoms with Crippen LogP contribution in [-0.2, 0) is 11.3 Å². The fraction of sp³-hybridized carbons (Fsp3) is 0.462. The van der Waals surface area contributed by atoms with Crippen molar-refractivity contribution in [3.05, 3.63) is 23.8 Å². The molecule has 0 aliphatic rings. The summed E-state index contributed by atoms with van der Waals surface area (Å²) in [5.74, 6) is 0.547. The lowest BCUT2D eigenvalue weighted by atomic mass is 9.79. The van der Waals surface area contributed by atoms with Crippen molar-refractivity contribution >= 4 is 18.7 Å². The standard InChI is InChI=1S/C13H20BNO5/c1-13(2,3)20-12(16)15-8-9-7-10(14(17)18)5-6-11(9)19-4/h5-7,17-18H,8H2,1-4H3,(H,15,16). The normalized spacial score (nSPS) is 10.9. The average molecular weight is 281 g/mol. The van der Waals surface area contributed by atoms with Gasteiger partial charge in [-0.1, -0.05) is 12.1 Å². The summed E-state index contributed by atoms with van der Waals surface area (Å²) in [5.41, 5.74) is 0.382. The molecule has 0 heterocycles. The molecular formula is C13H20BNO5. The Morgan fingerprint density at radius 2 is 2.00 bits per heavy atom. The van der Waals surface area contributed by atoms with Crippen LogP contribution in [0.1, 0.15) is 26.3 Å². The first kappa shape index (κ1) is 16.3. The van der Waals surface area contributed by atoms with Gasteiger partial charge < -0.3 is 24.8 Å². The third-order valence-corrected chi connectivity index (χ3v) is 2.42. The molecule has 0 aromatic heterocycles. The van der Waals surface area contributed by atoms with Crippen molar-refractivity contribution in [1.29, 1.82) is 0 Å². The molecule has 1 amide bonds. The van der Waals surface area contributed by atoms with Crippen LogP contribution in [0.3, 0.4) is 0 Å². The van der Waals surface area contributed by atoms with Gasteiger partial charge in [-0.25, -0.2) is 4.79 Å². The fourth-order valence-electron chi connectivity index (χ4n) is 1.58. The van der Waals surface area contributed by atoms with E-state index < -0.39 is 18.8 Å². The van der Waals surface area contributed by atoms with E-state index in [1.807, 2.05) is 0 Å². The van der Waals surface area contributed by atoms with Gasteiger partial charge >= 0.3 is 13.2 Å². The van der Waals surface area contributed by atoms with Gasteiger partial charge in [0.1, 0.15) is 11.4 Å². The van der Waals surface area contributed by atoms with Gasteiger partial charge in [0.15, 0.2) is 0 Å². The largest absolute Gasteiger partial charge is 0.496 e. The lowest BCUT2D eigenvalue weighted by molar-refractivity contribution is 0.0523. The quantitative estimate of drug-likeness (QED) is 0.695. The number of hydrogen-bond acceptors (Lipinski definition) is 5. The summed E-state index contributed by atoms with van der Waals surface area (Å²) < 4.78 is 10.3. The van der Waals surface area contributed by atoms with E-state index >= 15 is 0 Å². The molecule has 0 bridgehead atoms. The Balaban J connectivity index is 2.75. The Morgan fingerprint density at radius 3 is 2.50 bits per heavy atom. The van der Waals surface area contributed by atoms with E-state index in [1.165, 1.54) is 7.11 Å². The van der Waals surface area contributed by atoms with Gasteiger partial charge in [0, 0.05) is 12.1 Å². The number of carbonyl (C=O) groups excluding carboxylic acids is 1. The highest BCUT2D eigenvalue weighted by atomic mass is 16.6. The van der Waals surface area contributed by atoms with Gasteiger partial charge in [0.2, 0.25) is 0 Å². The number of methoxy groups -OCH3 is 1. The summed E-state index contributed by atoms with van der Waals surface area (Å²) in [6.45, 7) is 5.49. The number of hydrogen-bond donors (Lipinski definition) is 3. The smallest absolute Gasteiger partial charge is 0.488 e. The monoisotopic (exact) mass is 281 g/mol. The van der Waals surface area contributed by atoms with Crippen LogP contribution in [0.4, 0.5) is 4.79 Å². The summed E-state index contributed by atoms with van der Waals surface area (Å²) in [4.78, 5) is 11.6. The SMILES string of the molecule is COc1ccc(B(O)O)cc1CNC(=O)OC(C)(C)C. The molecule has 1 aromatic rings. The zero-order valence-corrected chi connectivity index (χ0v) is 12.1. The Kier molecular flexibility index (Phi) is 5.41. The topological polar surface area (TPSA) is 88.0 Å². The van der Waals surface area contributed by atoms with Crippen LogP contribution in [0.2, 0.25) is 0 Å². The van der Waals surface area contributed by atoms with Crippen LogP contribution in [-0.4, -0.2) is 36.0 Å². The molecule has 0 unspecified atom stereocenters. The van der Waals surface area contributed by atoms with Gasteiger partial charge in [-0.05, 0) is 32.3 Å². The van der Waals surface area contributed by atoms with E-state index in [0.29, 0.717) is 16.8 Å². The zero-order valence-electron chi connectivity index (χ0n) is 12.1. The summed E-state index contributed by atoms with van der Waals surface area (Å²) in [6.07, 6.45) is -0.547. The van der Waals surface area contributed by atoms with E-state index in [0.717, 1.165) is 0 Å². The Hall–Kier alpha value is -1.73. The maximum atomic E-state index is 11.6. The lowest BCUT2D eigenvalue weighted by Gasteiger charge is -2.20. The van der Waals surface area contributed by atoms with E-state index in [-0.39, 0.29) is 6.54 Å². The number of nitrogens with one attached hydrogen (secondary N) is 1. The molecule has 1 rings (SSSR count).